The number of carbonyl (C=O) groups excluding carboxylic acids is 2. The van der Waals surface area contributed by atoms with E-state index in [1.54, 1.807) is 31.2 Å². The van der Waals surface area contributed by atoms with Crippen LogP contribution in [0.2, 0.25) is 0 Å². The zero-order chi connectivity index (χ0) is 15.9. The summed E-state index contributed by atoms with van der Waals surface area (Å²) in [4.78, 5) is 23.3. The van der Waals surface area contributed by atoms with Crippen molar-refractivity contribution in [3.8, 4) is 0 Å². The lowest BCUT2D eigenvalue weighted by molar-refractivity contribution is -0.115. The fourth-order valence-electron chi connectivity index (χ4n) is 2.51. The van der Waals surface area contributed by atoms with Crippen LogP contribution in [0.15, 0.2) is 29.4 Å². The quantitative estimate of drug-likeness (QED) is 0.837. The summed E-state index contributed by atoms with van der Waals surface area (Å²) in [7, 11) is 0. The summed E-state index contributed by atoms with van der Waals surface area (Å²) in [6.07, 6.45) is 4.73. The second-order valence-corrected chi connectivity index (χ2v) is 5.80. The molecule has 118 valence electrons. The van der Waals surface area contributed by atoms with E-state index in [-0.39, 0.29) is 11.8 Å². The summed E-state index contributed by atoms with van der Waals surface area (Å²) in [5.41, 5.74) is 4.91. The second kappa shape index (κ2) is 7.73. The topological polar surface area (TPSA) is 70.6 Å². The van der Waals surface area contributed by atoms with Gasteiger partial charge in [-0.25, -0.2) is 5.43 Å². The van der Waals surface area contributed by atoms with Gasteiger partial charge in [0.25, 0.3) is 5.91 Å². The molecule has 2 N–H and O–H groups in total. The Morgan fingerprint density at radius 3 is 2.64 bits per heavy atom. The Hall–Kier alpha value is -2.17. The van der Waals surface area contributed by atoms with Crippen LogP contribution in [0.3, 0.4) is 0 Å². The van der Waals surface area contributed by atoms with Crippen LogP contribution in [-0.4, -0.2) is 17.5 Å². The van der Waals surface area contributed by atoms with Crippen LogP contribution in [-0.2, 0) is 4.79 Å². The first-order valence-electron chi connectivity index (χ1n) is 7.84. The minimum atomic E-state index is -0.223. The molecule has 1 aromatic carbocycles. The molecule has 1 aliphatic carbocycles. The van der Waals surface area contributed by atoms with Crippen LogP contribution < -0.4 is 10.7 Å². The Morgan fingerprint density at radius 2 is 2.00 bits per heavy atom. The molecule has 0 radical (unpaired) electrons. The Kier molecular flexibility index (Phi) is 5.69. The zero-order valence-corrected chi connectivity index (χ0v) is 13.2. The normalized spacial score (nSPS) is 19.7. The lowest BCUT2D eigenvalue weighted by Gasteiger charge is -2.18. The fraction of sp³-hybridized carbons (Fsp3) is 0.471. The summed E-state index contributed by atoms with van der Waals surface area (Å²) in [6.45, 7) is 4.00. The number of anilines is 1. The van der Waals surface area contributed by atoms with Gasteiger partial charge in [0, 0.05) is 23.4 Å². The van der Waals surface area contributed by atoms with Gasteiger partial charge in [-0.1, -0.05) is 13.8 Å². The van der Waals surface area contributed by atoms with Gasteiger partial charge >= 0.3 is 0 Å². The second-order valence-electron chi connectivity index (χ2n) is 5.80. The number of nitrogens with zero attached hydrogens (tertiary/aromatic N) is 1. The van der Waals surface area contributed by atoms with Crippen LogP contribution in [0.1, 0.15) is 56.3 Å². The molecule has 0 unspecified atom stereocenters. The van der Waals surface area contributed by atoms with Gasteiger partial charge in [-0.15, -0.1) is 0 Å². The molecule has 5 heteroatoms. The Labute approximate surface area is 131 Å². The first-order valence-corrected chi connectivity index (χ1v) is 7.84. The van der Waals surface area contributed by atoms with Crippen LogP contribution in [0.25, 0.3) is 0 Å². The van der Waals surface area contributed by atoms with E-state index in [2.05, 4.69) is 22.8 Å². The molecule has 0 aliphatic heterocycles. The summed E-state index contributed by atoms with van der Waals surface area (Å²) < 4.78 is 0. The van der Waals surface area contributed by atoms with Gasteiger partial charge in [0.15, 0.2) is 0 Å². The van der Waals surface area contributed by atoms with Crippen LogP contribution in [0, 0.1) is 5.92 Å². The van der Waals surface area contributed by atoms with E-state index >= 15 is 0 Å². The highest BCUT2D eigenvalue weighted by molar-refractivity contribution is 5.96. The Bertz CT molecular complexity index is 564. The van der Waals surface area contributed by atoms with Gasteiger partial charge in [-0.2, -0.15) is 5.10 Å². The molecule has 0 bridgehead atoms. The van der Waals surface area contributed by atoms with Crippen molar-refractivity contribution in [3.05, 3.63) is 29.8 Å². The van der Waals surface area contributed by atoms with E-state index in [9.17, 15) is 9.59 Å². The number of hydrogen-bond donors (Lipinski definition) is 2. The maximum absolute atomic E-state index is 12.1. The van der Waals surface area contributed by atoms with Crippen molar-refractivity contribution in [2.24, 2.45) is 11.0 Å². The predicted octanol–water partition coefficient (Wildman–Crippen LogP) is 3.33. The molecule has 2 rings (SSSR count). The van der Waals surface area contributed by atoms with E-state index in [0.717, 1.165) is 25.0 Å². The van der Waals surface area contributed by atoms with Crippen molar-refractivity contribution in [2.45, 2.75) is 46.0 Å². The number of amides is 2. The van der Waals surface area contributed by atoms with Gasteiger partial charge in [0.1, 0.15) is 0 Å². The summed E-state index contributed by atoms with van der Waals surface area (Å²) in [5, 5.41) is 6.99. The molecule has 1 aromatic rings. The molecule has 1 saturated carbocycles. The van der Waals surface area contributed by atoms with Gasteiger partial charge < -0.3 is 5.32 Å². The average molecular weight is 301 g/mol. The SMILES string of the molecule is CCC(=O)Nc1ccc(C(=O)N/N=C2\CCC[C@@H](C)C2)cc1. The predicted molar refractivity (Wildman–Crippen MR) is 87.9 cm³/mol. The molecule has 2 amide bonds. The van der Waals surface area contributed by atoms with Crippen molar-refractivity contribution >= 4 is 23.2 Å². The average Bonchev–Trinajstić information content (AvgIpc) is 2.53. The molecule has 0 heterocycles. The highest BCUT2D eigenvalue weighted by Gasteiger charge is 2.14. The minimum Gasteiger partial charge on any atom is -0.326 e. The molecule has 0 aromatic heterocycles. The van der Waals surface area contributed by atoms with Crippen LogP contribution in [0.5, 0.6) is 0 Å². The molecule has 1 atom stereocenters. The molecule has 1 aliphatic rings. The summed E-state index contributed by atoms with van der Waals surface area (Å²) in [6, 6.07) is 6.81. The Morgan fingerprint density at radius 1 is 1.27 bits per heavy atom. The maximum Gasteiger partial charge on any atom is 0.271 e. The first kappa shape index (κ1) is 16.2. The highest BCUT2D eigenvalue weighted by atomic mass is 16.2. The van der Waals surface area contributed by atoms with Crippen molar-refractivity contribution < 1.29 is 9.59 Å². The molecule has 1 fully saturated rings. The molecular formula is C17H23N3O2. The lowest BCUT2D eigenvalue weighted by atomic mass is 9.89. The third kappa shape index (κ3) is 4.69. The third-order valence-electron chi connectivity index (χ3n) is 3.81. The molecule has 0 spiro atoms. The van der Waals surface area contributed by atoms with E-state index in [1.165, 1.54) is 6.42 Å². The number of hydrogen-bond acceptors (Lipinski definition) is 3. The van der Waals surface area contributed by atoms with Crippen molar-refractivity contribution in [1.29, 1.82) is 0 Å². The number of hydrazone groups is 1. The van der Waals surface area contributed by atoms with E-state index in [1.807, 2.05) is 0 Å². The molecule has 5 nitrogen and oxygen atoms in total. The van der Waals surface area contributed by atoms with Crippen molar-refractivity contribution in [1.82, 2.24) is 5.43 Å². The van der Waals surface area contributed by atoms with E-state index in [0.29, 0.717) is 23.6 Å². The summed E-state index contributed by atoms with van der Waals surface area (Å²) in [5.74, 6) is 0.375. The summed E-state index contributed by atoms with van der Waals surface area (Å²) >= 11 is 0. The lowest BCUT2D eigenvalue weighted by Crippen LogP contribution is -2.22. The maximum atomic E-state index is 12.1. The van der Waals surface area contributed by atoms with E-state index in [4.69, 9.17) is 0 Å². The van der Waals surface area contributed by atoms with Crippen LogP contribution in [0.4, 0.5) is 5.69 Å². The van der Waals surface area contributed by atoms with Gasteiger partial charge in [-0.3, -0.25) is 9.59 Å². The minimum absolute atomic E-state index is 0.0463. The monoisotopic (exact) mass is 301 g/mol. The molecular weight excluding hydrogens is 278 g/mol. The standard InChI is InChI=1S/C17H23N3O2/c1-3-16(21)18-14-9-7-13(8-10-14)17(22)20-19-15-6-4-5-12(2)11-15/h7-10,12H,3-6,11H2,1-2H3,(H,18,21)(H,20,22)/b19-15+/t12-/m1/s1. The molecule has 0 saturated heterocycles. The Balaban J connectivity index is 1.92. The third-order valence-corrected chi connectivity index (χ3v) is 3.81. The number of nitrogens with one attached hydrogen (secondary N) is 2. The molecule has 22 heavy (non-hydrogen) atoms. The number of carbonyl (C=O) groups is 2. The van der Waals surface area contributed by atoms with E-state index < -0.39 is 0 Å². The van der Waals surface area contributed by atoms with Crippen LogP contribution >= 0.6 is 0 Å². The smallest absolute Gasteiger partial charge is 0.271 e. The first-order chi connectivity index (χ1) is 10.6. The number of benzene rings is 1. The van der Waals surface area contributed by atoms with Crippen molar-refractivity contribution in [3.63, 3.8) is 0 Å². The fourth-order valence-corrected chi connectivity index (χ4v) is 2.51. The number of rotatable bonds is 4. The highest BCUT2D eigenvalue weighted by Crippen LogP contribution is 2.21. The zero-order valence-electron chi connectivity index (χ0n) is 13.2. The van der Waals surface area contributed by atoms with Gasteiger partial charge in [-0.05, 0) is 55.9 Å². The van der Waals surface area contributed by atoms with Crippen molar-refractivity contribution in [2.75, 3.05) is 5.32 Å². The van der Waals surface area contributed by atoms with Gasteiger partial charge in [0.05, 0.1) is 0 Å². The largest absolute Gasteiger partial charge is 0.326 e. The van der Waals surface area contributed by atoms with Gasteiger partial charge in [0.2, 0.25) is 5.91 Å².